The number of benzene rings is 1. The third-order valence-corrected chi connectivity index (χ3v) is 3.51. The van der Waals surface area contributed by atoms with Crippen molar-refractivity contribution in [1.82, 2.24) is 10.2 Å². The van der Waals surface area contributed by atoms with Gasteiger partial charge in [-0.15, -0.1) is 0 Å². The molecule has 17 heavy (non-hydrogen) atoms. The smallest absolute Gasteiger partial charge is 0.118 e. The summed E-state index contributed by atoms with van der Waals surface area (Å²) in [5.74, 6) is 0.921. The Morgan fingerprint density at radius 3 is 2.41 bits per heavy atom. The summed E-state index contributed by atoms with van der Waals surface area (Å²) in [5, 5.41) is 3.40. The van der Waals surface area contributed by atoms with Crippen LogP contribution in [0.3, 0.4) is 0 Å². The van der Waals surface area contributed by atoms with Crippen LogP contribution < -0.4 is 10.1 Å². The highest BCUT2D eigenvalue weighted by atomic mass is 16.5. The zero-order valence-corrected chi connectivity index (χ0v) is 10.8. The standard InChI is InChI=1S/C14H22N2O/c1-15-14(11-16-9-3-4-10-16)12-5-7-13(17-2)8-6-12/h5-8,14-15H,3-4,9-11H2,1-2H3. The highest BCUT2D eigenvalue weighted by Crippen LogP contribution is 2.20. The topological polar surface area (TPSA) is 24.5 Å². The van der Waals surface area contributed by atoms with Gasteiger partial charge in [0.15, 0.2) is 0 Å². The van der Waals surface area contributed by atoms with Crippen LogP contribution in [-0.2, 0) is 0 Å². The molecule has 0 aromatic heterocycles. The fourth-order valence-electron chi connectivity index (χ4n) is 2.42. The average Bonchev–Trinajstić information content (AvgIpc) is 2.89. The van der Waals surface area contributed by atoms with Gasteiger partial charge in [-0.05, 0) is 50.7 Å². The molecule has 1 aliphatic rings. The molecule has 3 heteroatoms. The van der Waals surface area contributed by atoms with Crippen LogP contribution in [0.5, 0.6) is 5.75 Å². The summed E-state index contributed by atoms with van der Waals surface area (Å²) in [6.45, 7) is 3.59. The van der Waals surface area contributed by atoms with E-state index in [4.69, 9.17) is 4.74 Å². The van der Waals surface area contributed by atoms with E-state index < -0.39 is 0 Å². The number of rotatable bonds is 5. The predicted molar refractivity (Wildman–Crippen MR) is 70.5 cm³/mol. The van der Waals surface area contributed by atoms with Crippen molar-refractivity contribution in [2.45, 2.75) is 18.9 Å². The predicted octanol–water partition coefficient (Wildman–Crippen LogP) is 2.05. The summed E-state index contributed by atoms with van der Waals surface area (Å²) in [6, 6.07) is 8.78. The number of hydrogen-bond donors (Lipinski definition) is 1. The van der Waals surface area contributed by atoms with Gasteiger partial charge in [0, 0.05) is 12.6 Å². The first kappa shape index (κ1) is 12.4. The fourth-order valence-corrected chi connectivity index (χ4v) is 2.42. The van der Waals surface area contributed by atoms with Crippen molar-refractivity contribution in [2.75, 3.05) is 33.8 Å². The first-order valence-electron chi connectivity index (χ1n) is 6.37. The Morgan fingerprint density at radius 2 is 1.88 bits per heavy atom. The molecule has 1 unspecified atom stereocenters. The summed E-state index contributed by atoms with van der Waals surface area (Å²) in [5.41, 5.74) is 1.33. The quantitative estimate of drug-likeness (QED) is 0.844. The van der Waals surface area contributed by atoms with Crippen LogP contribution in [0, 0.1) is 0 Å². The lowest BCUT2D eigenvalue weighted by Crippen LogP contribution is -2.31. The number of ether oxygens (including phenoxy) is 1. The van der Waals surface area contributed by atoms with Crippen LogP contribution in [0.15, 0.2) is 24.3 Å². The second-order valence-corrected chi connectivity index (χ2v) is 4.62. The second-order valence-electron chi connectivity index (χ2n) is 4.62. The molecular weight excluding hydrogens is 212 g/mol. The molecule has 2 rings (SSSR count). The van der Waals surface area contributed by atoms with Crippen molar-refractivity contribution in [3.63, 3.8) is 0 Å². The molecule has 0 radical (unpaired) electrons. The lowest BCUT2D eigenvalue weighted by molar-refractivity contribution is 0.299. The molecule has 0 saturated carbocycles. The van der Waals surface area contributed by atoms with Gasteiger partial charge in [0.25, 0.3) is 0 Å². The molecule has 1 saturated heterocycles. The summed E-state index contributed by atoms with van der Waals surface area (Å²) in [7, 11) is 3.74. The van der Waals surface area contributed by atoms with Crippen LogP contribution in [0.25, 0.3) is 0 Å². The van der Waals surface area contributed by atoms with Gasteiger partial charge in [-0.1, -0.05) is 12.1 Å². The Labute approximate surface area is 104 Å². The van der Waals surface area contributed by atoms with E-state index >= 15 is 0 Å². The summed E-state index contributed by atoms with van der Waals surface area (Å²) >= 11 is 0. The van der Waals surface area contributed by atoms with Crippen molar-refractivity contribution in [1.29, 1.82) is 0 Å². The average molecular weight is 234 g/mol. The van der Waals surface area contributed by atoms with Crippen LogP contribution in [-0.4, -0.2) is 38.7 Å². The minimum Gasteiger partial charge on any atom is -0.497 e. The highest BCUT2D eigenvalue weighted by Gasteiger charge is 2.17. The molecule has 1 aliphatic heterocycles. The molecule has 1 fully saturated rings. The van der Waals surface area contributed by atoms with Crippen molar-refractivity contribution >= 4 is 0 Å². The lowest BCUT2D eigenvalue weighted by atomic mass is 10.1. The van der Waals surface area contributed by atoms with Crippen LogP contribution in [0.4, 0.5) is 0 Å². The van der Waals surface area contributed by atoms with Gasteiger partial charge in [-0.25, -0.2) is 0 Å². The van der Waals surface area contributed by atoms with Crippen LogP contribution in [0.2, 0.25) is 0 Å². The number of likely N-dealkylation sites (N-methyl/N-ethyl adjacent to an activating group) is 1. The number of likely N-dealkylation sites (tertiary alicyclic amines) is 1. The van der Waals surface area contributed by atoms with Gasteiger partial charge in [-0.3, -0.25) is 0 Å². The van der Waals surface area contributed by atoms with E-state index in [-0.39, 0.29) is 0 Å². The van der Waals surface area contributed by atoms with Gasteiger partial charge in [0.05, 0.1) is 7.11 Å². The minimum absolute atomic E-state index is 0.416. The zero-order valence-electron chi connectivity index (χ0n) is 10.8. The molecule has 0 aliphatic carbocycles. The van der Waals surface area contributed by atoms with Gasteiger partial charge >= 0.3 is 0 Å². The van der Waals surface area contributed by atoms with E-state index in [0.29, 0.717) is 6.04 Å². The number of nitrogens with one attached hydrogen (secondary N) is 1. The summed E-state index contributed by atoms with van der Waals surface area (Å²) in [4.78, 5) is 2.53. The molecule has 0 amide bonds. The fraction of sp³-hybridized carbons (Fsp3) is 0.571. The highest BCUT2D eigenvalue weighted by molar-refractivity contribution is 5.29. The van der Waals surface area contributed by atoms with Gasteiger partial charge in [-0.2, -0.15) is 0 Å². The van der Waals surface area contributed by atoms with Crippen LogP contribution in [0.1, 0.15) is 24.4 Å². The Bertz CT molecular complexity index is 331. The van der Waals surface area contributed by atoms with Gasteiger partial charge < -0.3 is 15.0 Å². The Kier molecular flexibility index (Phi) is 4.40. The van der Waals surface area contributed by atoms with Crippen molar-refractivity contribution in [2.24, 2.45) is 0 Å². The van der Waals surface area contributed by atoms with E-state index in [1.54, 1.807) is 7.11 Å². The second kappa shape index (κ2) is 6.03. The molecule has 94 valence electrons. The number of hydrogen-bond acceptors (Lipinski definition) is 3. The Morgan fingerprint density at radius 1 is 1.24 bits per heavy atom. The largest absolute Gasteiger partial charge is 0.497 e. The van der Waals surface area contributed by atoms with Crippen molar-refractivity contribution in [3.8, 4) is 5.75 Å². The van der Waals surface area contributed by atoms with Crippen molar-refractivity contribution < 1.29 is 4.74 Å². The zero-order chi connectivity index (χ0) is 12.1. The van der Waals surface area contributed by atoms with E-state index in [9.17, 15) is 0 Å². The van der Waals surface area contributed by atoms with E-state index in [2.05, 4.69) is 22.3 Å². The Balaban J connectivity index is 2.00. The lowest BCUT2D eigenvalue weighted by Gasteiger charge is -2.23. The van der Waals surface area contributed by atoms with E-state index in [1.807, 2.05) is 19.2 Å². The maximum atomic E-state index is 5.19. The van der Waals surface area contributed by atoms with E-state index in [1.165, 1.54) is 31.5 Å². The molecular formula is C14H22N2O. The molecule has 1 heterocycles. The van der Waals surface area contributed by atoms with Crippen LogP contribution >= 0.6 is 0 Å². The maximum Gasteiger partial charge on any atom is 0.118 e. The van der Waals surface area contributed by atoms with Gasteiger partial charge in [0.1, 0.15) is 5.75 Å². The monoisotopic (exact) mass is 234 g/mol. The molecule has 3 nitrogen and oxygen atoms in total. The first-order valence-corrected chi connectivity index (χ1v) is 6.37. The Hall–Kier alpha value is -1.06. The van der Waals surface area contributed by atoms with Gasteiger partial charge in [0.2, 0.25) is 0 Å². The molecule has 0 spiro atoms. The maximum absolute atomic E-state index is 5.19. The SMILES string of the molecule is CNC(CN1CCCC1)c1ccc(OC)cc1. The molecule has 1 aromatic rings. The number of methoxy groups -OCH3 is 1. The third-order valence-electron chi connectivity index (χ3n) is 3.51. The number of nitrogens with zero attached hydrogens (tertiary/aromatic N) is 1. The summed E-state index contributed by atoms with van der Waals surface area (Å²) in [6.07, 6.45) is 2.69. The third kappa shape index (κ3) is 3.20. The van der Waals surface area contributed by atoms with Crippen molar-refractivity contribution in [3.05, 3.63) is 29.8 Å². The first-order chi connectivity index (χ1) is 8.33. The molecule has 1 aromatic carbocycles. The molecule has 1 atom stereocenters. The van der Waals surface area contributed by atoms with E-state index in [0.717, 1.165) is 12.3 Å². The summed E-state index contributed by atoms with van der Waals surface area (Å²) < 4.78 is 5.19. The molecule has 0 bridgehead atoms. The normalized spacial score (nSPS) is 18.2. The minimum atomic E-state index is 0.416. The molecule has 1 N–H and O–H groups in total.